The maximum atomic E-state index is 5.91. The topological polar surface area (TPSA) is 34.4 Å². The predicted octanol–water partition coefficient (Wildman–Crippen LogP) is 4.67. The van der Waals surface area contributed by atoms with Gasteiger partial charge in [-0.3, -0.25) is 0 Å². The molecule has 5 heteroatoms. The third-order valence-corrected chi connectivity index (χ3v) is 3.10. The van der Waals surface area contributed by atoms with E-state index >= 15 is 0 Å². The molecule has 20 heavy (non-hydrogen) atoms. The predicted molar refractivity (Wildman–Crippen MR) is 81.5 cm³/mol. The number of furan rings is 1. The van der Waals surface area contributed by atoms with Crippen molar-refractivity contribution in [1.82, 2.24) is 5.32 Å². The van der Waals surface area contributed by atoms with Crippen LogP contribution in [-0.4, -0.2) is 6.54 Å². The van der Waals surface area contributed by atoms with Crippen LogP contribution in [0.3, 0.4) is 0 Å². The van der Waals surface area contributed by atoms with E-state index in [0.29, 0.717) is 22.4 Å². The van der Waals surface area contributed by atoms with E-state index in [1.54, 1.807) is 18.2 Å². The summed E-state index contributed by atoms with van der Waals surface area (Å²) in [6.07, 6.45) is 1.10. The summed E-state index contributed by atoms with van der Waals surface area (Å²) in [7, 11) is 0. The summed E-state index contributed by atoms with van der Waals surface area (Å²) in [6.45, 7) is 4.19. The number of hydrogen-bond acceptors (Lipinski definition) is 3. The highest BCUT2D eigenvalue weighted by Crippen LogP contribution is 2.25. The second-order valence-electron chi connectivity index (χ2n) is 4.44. The molecule has 0 fully saturated rings. The van der Waals surface area contributed by atoms with Crippen LogP contribution in [0.5, 0.6) is 5.75 Å². The van der Waals surface area contributed by atoms with Gasteiger partial charge in [-0.05, 0) is 43.3 Å². The van der Waals surface area contributed by atoms with Gasteiger partial charge < -0.3 is 14.5 Å². The molecule has 0 aliphatic heterocycles. The Balaban J connectivity index is 1.87. The fourth-order valence-corrected chi connectivity index (χ4v) is 2.26. The molecule has 0 aliphatic rings. The monoisotopic (exact) mass is 313 g/mol. The Morgan fingerprint density at radius 1 is 1.10 bits per heavy atom. The van der Waals surface area contributed by atoms with E-state index in [1.807, 2.05) is 12.1 Å². The lowest BCUT2D eigenvalue weighted by atomic mass is 10.3. The largest absolute Gasteiger partial charge is 0.486 e. The molecular weight excluding hydrogens is 297 g/mol. The van der Waals surface area contributed by atoms with Crippen molar-refractivity contribution < 1.29 is 9.15 Å². The van der Waals surface area contributed by atoms with Crippen LogP contribution in [-0.2, 0) is 13.2 Å². The van der Waals surface area contributed by atoms with Crippen molar-refractivity contribution >= 4 is 23.2 Å². The van der Waals surface area contributed by atoms with Crippen LogP contribution in [0.1, 0.15) is 24.9 Å². The molecule has 3 nitrogen and oxygen atoms in total. The Morgan fingerprint density at radius 3 is 2.50 bits per heavy atom. The van der Waals surface area contributed by atoms with Gasteiger partial charge in [0, 0.05) is 10.0 Å². The Kier molecular flexibility index (Phi) is 5.77. The number of rotatable bonds is 7. The number of hydrogen-bond donors (Lipinski definition) is 1. The SMILES string of the molecule is CCCNCc1ccc(COc2cc(Cl)cc(Cl)c2)o1. The van der Waals surface area contributed by atoms with Gasteiger partial charge in [0.05, 0.1) is 6.54 Å². The smallest absolute Gasteiger partial charge is 0.146 e. The maximum absolute atomic E-state index is 5.91. The number of halogens is 2. The zero-order valence-electron chi connectivity index (χ0n) is 11.3. The molecule has 1 N–H and O–H groups in total. The highest BCUT2D eigenvalue weighted by atomic mass is 35.5. The zero-order valence-corrected chi connectivity index (χ0v) is 12.8. The fourth-order valence-electron chi connectivity index (χ4n) is 1.75. The van der Waals surface area contributed by atoms with E-state index in [1.165, 1.54) is 0 Å². The van der Waals surface area contributed by atoms with E-state index in [2.05, 4.69) is 12.2 Å². The Bertz CT molecular complexity index is 534. The normalized spacial score (nSPS) is 10.8. The third-order valence-electron chi connectivity index (χ3n) is 2.66. The summed E-state index contributed by atoms with van der Waals surface area (Å²) in [5.74, 6) is 2.31. The minimum Gasteiger partial charge on any atom is -0.486 e. The van der Waals surface area contributed by atoms with Crippen molar-refractivity contribution in [3.8, 4) is 5.75 Å². The molecule has 2 rings (SSSR count). The number of nitrogens with one attached hydrogen (secondary N) is 1. The molecule has 1 heterocycles. The van der Waals surface area contributed by atoms with Gasteiger partial charge in [-0.25, -0.2) is 0 Å². The molecular formula is C15H17Cl2NO2. The van der Waals surface area contributed by atoms with Crippen molar-refractivity contribution in [3.63, 3.8) is 0 Å². The molecule has 2 aromatic rings. The molecule has 0 spiro atoms. The number of ether oxygens (including phenoxy) is 1. The van der Waals surface area contributed by atoms with E-state index in [9.17, 15) is 0 Å². The Morgan fingerprint density at radius 2 is 1.80 bits per heavy atom. The summed E-state index contributed by atoms with van der Waals surface area (Å²) >= 11 is 11.8. The number of benzene rings is 1. The summed E-state index contributed by atoms with van der Waals surface area (Å²) in [5.41, 5.74) is 0. The molecule has 0 unspecified atom stereocenters. The van der Waals surface area contributed by atoms with Gasteiger partial charge in [-0.2, -0.15) is 0 Å². The van der Waals surface area contributed by atoms with Gasteiger partial charge in [0.2, 0.25) is 0 Å². The average Bonchev–Trinajstić information content (AvgIpc) is 2.84. The van der Waals surface area contributed by atoms with E-state index in [0.717, 1.165) is 31.0 Å². The molecule has 0 aliphatic carbocycles. The van der Waals surface area contributed by atoms with Crippen molar-refractivity contribution in [2.24, 2.45) is 0 Å². The molecule has 0 saturated carbocycles. The molecule has 0 bridgehead atoms. The van der Waals surface area contributed by atoms with Crippen LogP contribution in [0.2, 0.25) is 10.0 Å². The minimum absolute atomic E-state index is 0.352. The van der Waals surface area contributed by atoms with Crippen molar-refractivity contribution in [2.75, 3.05) is 6.54 Å². The van der Waals surface area contributed by atoms with Crippen LogP contribution in [0.4, 0.5) is 0 Å². The molecule has 1 aromatic heterocycles. The summed E-state index contributed by atoms with van der Waals surface area (Å²) in [6, 6.07) is 8.97. The van der Waals surface area contributed by atoms with Crippen molar-refractivity contribution in [3.05, 3.63) is 51.9 Å². The van der Waals surface area contributed by atoms with Crippen molar-refractivity contribution in [1.29, 1.82) is 0 Å². The molecule has 0 amide bonds. The second-order valence-corrected chi connectivity index (χ2v) is 5.31. The van der Waals surface area contributed by atoms with Gasteiger partial charge in [0.1, 0.15) is 23.9 Å². The highest BCUT2D eigenvalue weighted by molar-refractivity contribution is 6.34. The van der Waals surface area contributed by atoms with E-state index in [4.69, 9.17) is 32.4 Å². The highest BCUT2D eigenvalue weighted by Gasteiger charge is 2.04. The third kappa shape index (κ3) is 4.75. The first kappa shape index (κ1) is 15.2. The lowest BCUT2D eigenvalue weighted by Crippen LogP contribution is -2.13. The quantitative estimate of drug-likeness (QED) is 0.755. The lowest BCUT2D eigenvalue weighted by Gasteiger charge is -2.05. The van der Waals surface area contributed by atoms with Gasteiger partial charge in [0.25, 0.3) is 0 Å². The maximum Gasteiger partial charge on any atom is 0.146 e. The Hall–Kier alpha value is -1.16. The van der Waals surface area contributed by atoms with Crippen LogP contribution in [0.15, 0.2) is 34.7 Å². The summed E-state index contributed by atoms with van der Waals surface area (Å²) in [4.78, 5) is 0. The van der Waals surface area contributed by atoms with Crippen molar-refractivity contribution in [2.45, 2.75) is 26.5 Å². The first-order chi connectivity index (χ1) is 9.67. The van der Waals surface area contributed by atoms with E-state index < -0.39 is 0 Å². The van der Waals surface area contributed by atoms with Gasteiger partial charge in [-0.1, -0.05) is 30.1 Å². The second kappa shape index (κ2) is 7.58. The average molecular weight is 314 g/mol. The Labute approximate surface area is 128 Å². The zero-order chi connectivity index (χ0) is 14.4. The van der Waals surface area contributed by atoms with Gasteiger partial charge >= 0.3 is 0 Å². The van der Waals surface area contributed by atoms with Crippen LogP contribution < -0.4 is 10.1 Å². The molecule has 1 aromatic carbocycles. The van der Waals surface area contributed by atoms with Crippen LogP contribution in [0, 0.1) is 0 Å². The molecule has 108 valence electrons. The van der Waals surface area contributed by atoms with Gasteiger partial charge in [-0.15, -0.1) is 0 Å². The van der Waals surface area contributed by atoms with E-state index in [-0.39, 0.29) is 0 Å². The minimum atomic E-state index is 0.352. The lowest BCUT2D eigenvalue weighted by molar-refractivity contribution is 0.265. The first-order valence-corrected chi connectivity index (χ1v) is 7.30. The summed E-state index contributed by atoms with van der Waals surface area (Å²) < 4.78 is 11.3. The van der Waals surface area contributed by atoms with Gasteiger partial charge in [0.15, 0.2) is 0 Å². The van der Waals surface area contributed by atoms with Crippen LogP contribution >= 0.6 is 23.2 Å². The fraction of sp³-hybridized carbons (Fsp3) is 0.333. The molecule has 0 saturated heterocycles. The van der Waals surface area contributed by atoms with Crippen LogP contribution in [0.25, 0.3) is 0 Å². The molecule has 0 atom stereocenters. The summed E-state index contributed by atoms with van der Waals surface area (Å²) in [5, 5.41) is 4.39. The standard InChI is InChI=1S/C15H17Cl2NO2/c1-2-5-18-9-13-3-4-14(20-13)10-19-15-7-11(16)6-12(17)8-15/h3-4,6-8,18H,2,5,9-10H2,1H3. The molecule has 0 radical (unpaired) electrons. The first-order valence-electron chi connectivity index (χ1n) is 6.54.